The molecule has 8 nitrogen and oxygen atoms in total. The highest BCUT2D eigenvalue weighted by Crippen LogP contribution is 2.36. The molecule has 0 radical (unpaired) electrons. The maximum absolute atomic E-state index is 13.7. The third-order valence-electron chi connectivity index (χ3n) is 5.63. The highest BCUT2D eigenvalue weighted by Gasteiger charge is 2.33. The van der Waals surface area contributed by atoms with Crippen molar-refractivity contribution in [3.05, 3.63) is 84.5 Å². The van der Waals surface area contributed by atoms with E-state index >= 15 is 0 Å². The maximum Gasteiger partial charge on any atom is 0.338 e. The molecular weight excluding hydrogens is 468 g/mol. The molecule has 1 aromatic heterocycles. The molecule has 9 heteroatoms. The van der Waals surface area contributed by atoms with Crippen molar-refractivity contribution in [2.24, 2.45) is 4.99 Å². The van der Waals surface area contributed by atoms with Gasteiger partial charge in [0.15, 0.2) is 16.3 Å². The molecular formula is C26H26N2O6S. The van der Waals surface area contributed by atoms with Crippen LogP contribution in [0.2, 0.25) is 0 Å². The molecule has 3 aromatic rings. The quantitative estimate of drug-likeness (QED) is 0.470. The molecule has 1 aliphatic heterocycles. The van der Waals surface area contributed by atoms with Gasteiger partial charge in [-0.15, -0.1) is 0 Å². The van der Waals surface area contributed by atoms with Gasteiger partial charge in [-0.2, -0.15) is 0 Å². The molecule has 4 rings (SSSR count). The summed E-state index contributed by atoms with van der Waals surface area (Å²) in [4.78, 5) is 31.8. The number of hydrogen-bond donors (Lipinski definition) is 0. The normalized spacial score (nSPS) is 15.3. The standard InChI is InChI=1S/C26H26N2O6S/c1-6-34-25(30)22-15(2)27-26-28(23(22)17-10-11-19(32-4)20(14-17)33-5)24(29)21(35-26)13-16-8-7-9-18(12-16)31-3/h7-14,23H,6H2,1-5H3. The third-order valence-corrected chi connectivity index (χ3v) is 6.61. The van der Waals surface area contributed by atoms with Crippen molar-refractivity contribution < 1.29 is 23.7 Å². The second-order valence-corrected chi connectivity index (χ2v) is 8.70. The SMILES string of the molecule is CCOC(=O)C1=C(C)N=c2sc(=Cc3cccc(OC)c3)c(=O)n2C1c1ccc(OC)c(OC)c1. The zero-order chi connectivity index (χ0) is 25.1. The minimum atomic E-state index is -0.738. The number of ether oxygens (including phenoxy) is 4. The van der Waals surface area contributed by atoms with E-state index in [1.54, 1.807) is 46.3 Å². The topological polar surface area (TPSA) is 88.4 Å². The lowest BCUT2D eigenvalue weighted by Crippen LogP contribution is -2.39. The van der Waals surface area contributed by atoms with Crippen LogP contribution in [0, 0.1) is 0 Å². The average molecular weight is 495 g/mol. The van der Waals surface area contributed by atoms with Crippen molar-refractivity contribution >= 4 is 23.4 Å². The predicted octanol–water partition coefficient (Wildman–Crippen LogP) is 2.82. The predicted molar refractivity (Wildman–Crippen MR) is 133 cm³/mol. The van der Waals surface area contributed by atoms with Gasteiger partial charge < -0.3 is 18.9 Å². The summed E-state index contributed by atoms with van der Waals surface area (Å²) in [5.74, 6) is 1.20. The van der Waals surface area contributed by atoms with E-state index in [0.717, 1.165) is 5.56 Å². The summed E-state index contributed by atoms with van der Waals surface area (Å²) in [6.07, 6.45) is 1.79. The molecule has 0 aliphatic carbocycles. The molecule has 1 aliphatic rings. The van der Waals surface area contributed by atoms with Gasteiger partial charge in [0.25, 0.3) is 5.56 Å². The fourth-order valence-electron chi connectivity index (χ4n) is 4.01. The minimum Gasteiger partial charge on any atom is -0.497 e. The summed E-state index contributed by atoms with van der Waals surface area (Å²) in [5.41, 5.74) is 2.04. The molecule has 35 heavy (non-hydrogen) atoms. The Hall–Kier alpha value is -3.85. The van der Waals surface area contributed by atoms with Crippen LogP contribution in [0.4, 0.5) is 0 Å². The Morgan fingerprint density at radius 1 is 1.09 bits per heavy atom. The number of hydrogen-bond acceptors (Lipinski definition) is 8. The summed E-state index contributed by atoms with van der Waals surface area (Å²) in [5, 5.41) is 0. The monoisotopic (exact) mass is 494 g/mol. The molecule has 0 fully saturated rings. The van der Waals surface area contributed by atoms with Gasteiger partial charge in [-0.3, -0.25) is 9.36 Å². The smallest absolute Gasteiger partial charge is 0.338 e. The molecule has 2 aromatic carbocycles. The molecule has 1 atom stereocenters. The number of thiazole rings is 1. The van der Waals surface area contributed by atoms with E-state index < -0.39 is 12.0 Å². The van der Waals surface area contributed by atoms with E-state index in [-0.39, 0.29) is 12.2 Å². The maximum atomic E-state index is 13.7. The van der Waals surface area contributed by atoms with Crippen LogP contribution in [-0.4, -0.2) is 38.5 Å². The first-order valence-corrected chi connectivity index (χ1v) is 11.8. The Bertz CT molecular complexity index is 1480. The molecule has 0 saturated carbocycles. The Balaban J connectivity index is 1.96. The number of esters is 1. The van der Waals surface area contributed by atoms with Gasteiger partial charge in [0, 0.05) is 0 Å². The van der Waals surface area contributed by atoms with Crippen molar-refractivity contribution in [2.75, 3.05) is 27.9 Å². The summed E-state index contributed by atoms with van der Waals surface area (Å²) in [7, 11) is 4.68. The number of rotatable bonds is 7. The van der Waals surface area contributed by atoms with Gasteiger partial charge in [-0.25, -0.2) is 9.79 Å². The number of aromatic nitrogens is 1. The fraction of sp³-hybridized carbons (Fsp3) is 0.269. The first kappa shape index (κ1) is 24.3. The Morgan fingerprint density at radius 2 is 1.86 bits per heavy atom. The average Bonchev–Trinajstić information content (AvgIpc) is 3.17. The minimum absolute atomic E-state index is 0.203. The second-order valence-electron chi connectivity index (χ2n) is 7.69. The Morgan fingerprint density at radius 3 is 2.54 bits per heavy atom. The number of carbonyl (C=O) groups excluding carboxylic acids is 1. The number of allylic oxidation sites excluding steroid dienone is 1. The van der Waals surface area contributed by atoms with Crippen LogP contribution in [0.1, 0.15) is 31.0 Å². The van der Waals surface area contributed by atoms with Crippen LogP contribution in [0.5, 0.6) is 17.2 Å². The van der Waals surface area contributed by atoms with E-state index in [1.807, 2.05) is 30.3 Å². The number of carbonyl (C=O) groups is 1. The molecule has 0 spiro atoms. The Labute approximate surface area is 206 Å². The van der Waals surface area contributed by atoms with Crippen molar-refractivity contribution in [2.45, 2.75) is 19.9 Å². The molecule has 1 unspecified atom stereocenters. The van der Waals surface area contributed by atoms with Crippen molar-refractivity contribution in [3.8, 4) is 17.2 Å². The van der Waals surface area contributed by atoms with Crippen LogP contribution < -0.4 is 29.1 Å². The lowest BCUT2D eigenvalue weighted by atomic mass is 9.95. The lowest BCUT2D eigenvalue weighted by molar-refractivity contribution is -0.139. The van der Waals surface area contributed by atoms with Crippen molar-refractivity contribution in [1.82, 2.24) is 4.57 Å². The van der Waals surface area contributed by atoms with Crippen LogP contribution >= 0.6 is 11.3 Å². The highest BCUT2D eigenvalue weighted by atomic mass is 32.1. The first-order chi connectivity index (χ1) is 16.9. The van der Waals surface area contributed by atoms with Gasteiger partial charge >= 0.3 is 5.97 Å². The van der Waals surface area contributed by atoms with E-state index in [9.17, 15) is 9.59 Å². The zero-order valence-corrected chi connectivity index (χ0v) is 21.0. The Kier molecular flexibility index (Phi) is 7.07. The van der Waals surface area contributed by atoms with Crippen LogP contribution in [-0.2, 0) is 9.53 Å². The van der Waals surface area contributed by atoms with Crippen molar-refractivity contribution in [3.63, 3.8) is 0 Å². The van der Waals surface area contributed by atoms with Gasteiger partial charge in [0.05, 0.1) is 49.8 Å². The van der Waals surface area contributed by atoms with E-state index in [2.05, 4.69) is 4.99 Å². The second kappa shape index (κ2) is 10.2. The summed E-state index contributed by atoms with van der Waals surface area (Å²) >= 11 is 1.26. The highest BCUT2D eigenvalue weighted by molar-refractivity contribution is 7.07. The number of methoxy groups -OCH3 is 3. The number of benzene rings is 2. The van der Waals surface area contributed by atoms with Crippen LogP contribution in [0.3, 0.4) is 0 Å². The van der Waals surface area contributed by atoms with Gasteiger partial charge in [-0.05, 0) is 55.3 Å². The van der Waals surface area contributed by atoms with Crippen molar-refractivity contribution in [1.29, 1.82) is 0 Å². The lowest BCUT2D eigenvalue weighted by Gasteiger charge is -2.25. The van der Waals surface area contributed by atoms with Gasteiger partial charge in [0.1, 0.15) is 5.75 Å². The largest absolute Gasteiger partial charge is 0.497 e. The van der Waals surface area contributed by atoms with E-state index in [0.29, 0.717) is 43.4 Å². The van der Waals surface area contributed by atoms with Crippen LogP contribution in [0.25, 0.3) is 6.08 Å². The summed E-state index contributed by atoms with van der Waals surface area (Å²) in [6, 6.07) is 12.0. The van der Waals surface area contributed by atoms with Gasteiger partial charge in [-0.1, -0.05) is 29.5 Å². The van der Waals surface area contributed by atoms with Crippen LogP contribution in [0.15, 0.2) is 63.5 Å². The van der Waals surface area contributed by atoms with Gasteiger partial charge in [0.2, 0.25) is 0 Å². The van der Waals surface area contributed by atoms with E-state index in [4.69, 9.17) is 18.9 Å². The summed E-state index contributed by atoms with van der Waals surface area (Å²) < 4.78 is 23.5. The molecule has 182 valence electrons. The number of nitrogens with zero attached hydrogens (tertiary/aromatic N) is 2. The fourth-order valence-corrected chi connectivity index (χ4v) is 5.06. The zero-order valence-electron chi connectivity index (χ0n) is 20.2. The van der Waals surface area contributed by atoms with E-state index in [1.165, 1.54) is 23.0 Å². The third kappa shape index (κ3) is 4.59. The molecule has 0 bridgehead atoms. The summed E-state index contributed by atoms with van der Waals surface area (Å²) in [6.45, 7) is 3.69. The molecule has 0 N–H and O–H groups in total. The molecule has 2 heterocycles. The molecule has 0 saturated heterocycles. The molecule has 0 amide bonds. The number of fused-ring (bicyclic) bond motifs is 1. The first-order valence-electron chi connectivity index (χ1n) is 11.0.